The minimum Gasteiger partial charge on any atom is -0.345 e. The van der Waals surface area contributed by atoms with Crippen LogP contribution in [0.3, 0.4) is 0 Å². The molecule has 0 aliphatic carbocycles. The highest BCUT2D eigenvalue weighted by molar-refractivity contribution is 6.18. The topological polar surface area (TPSA) is 160 Å². The molecule has 1 aliphatic heterocycles. The predicted molar refractivity (Wildman–Crippen MR) is 136 cm³/mol. The van der Waals surface area contributed by atoms with Gasteiger partial charge in [-0.1, -0.05) is 0 Å². The van der Waals surface area contributed by atoms with Crippen molar-refractivity contribution in [2.24, 2.45) is 5.10 Å². The van der Waals surface area contributed by atoms with Gasteiger partial charge in [-0.2, -0.15) is 10.2 Å². The number of fused-ring (bicyclic) bond motifs is 2. The normalized spacial score (nSPS) is 12.4. The SMILES string of the molecule is CN(C)C(=O)Nc1cncc(C2=Cc3c(n[nH]c3-c3nc4nccc(C(=O)N(C)C)c4[nH]3)NN=C2)c1. The van der Waals surface area contributed by atoms with Crippen molar-refractivity contribution in [3.8, 4) is 11.5 Å². The zero-order valence-corrected chi connectivity index (χ0v) is 20.0. The molecule has 0 unspecified atom stereocenters. The molecule has 0 fully saturated rings. The van der Waals surface area contributed by atoms with Crippen LogP contribution in [0.25, 0.3) is 34.3 Å². The first-order valence-corrected chi connectivity index (χ1v) is 10.9. The third-order valence-corrected chi connectivity index (χ3v) is 5.47. The number of allylic oxidation sites excluding steroid dienone is 1. The van der Waals surface area contributed by atoms with Gasteiger partial charge in [-0.15, -0.1) is 0 Å². The fourth-order valence-corrected chi connectivity index (χ4v) is 3.62. The number of aromatic nitrogens is 6. The molecule has 182 valence electrons. The Balaban J connectivity index is 1.55. The van der Waals surface area contributed by atoms with E-state index in [4.69, 9.17) is 0 Å². The summed E-state index contributed by atoms with van der Waals surface area (Å²) in [6.07, 6.45) is 8.34. The number of nitrogens with zero attached hydrogens (tertiary/aromatic N) is 7. The Labute approximate surface area is 205 Å². The van der Waals surface area contributed by atoms with E-state index in [0.29, 0.717) is 45.3 Å². The molecule has 5 heterocycles. The summed E-state index contributed by atoms with van der Waals surface area (Å²) in [5.41, 5.74) is 7.63. The number of aromatic amines is 2. The summed E-state index contributed by atoms with van der Waals surface area (Å²) < 4.78 is 0. The van der Waals surface area contributed by atoms with Crippen molar-refractivity contribution in [3.05, 3.63) is 47.4 Å². The van der Waals surface area contributed by atoms with Crippen LogP contribution < -0.4 is 10.7 Å². The van der Waals surface area contributed by atoms with E-state index in [1.807, 2.05) is 6.08 Å². The molecule has 5 rings (SSSR count). The second-order valence-corrected chi connectivity index (χ2v) is 8.46. The van der Waals surface area contributed by atoms with Crippen molar-refractivity contribution >= 4 is 52.5 Å². The molecule has 1 aliphatic rings. The van der Waals surface area contributed by atoms with Gasteiger partial charge in [0.05, 0.1) is 29.2 Å². The van der Waals surface area contributed by atoms with Crippen LogP contribution in [0.2, 0.25) is 0 Å². The minimum atomic E-state index is -0.260. The molecule has 0 spiro atoms. The van der Waals surface area contributed by atoms with Gasteiger partial charge in [-0.25, -0.2) is 14.8 Å². The third kappa shape index (κ3) is 4.13. The molecule has 36 heavy (non-hydrogen) atoms. The molecule has 0 saturated heterocycles. The number of anilines is 2. The van der Waals surface area contributed by atoms with Crippen molar-refractivity contribution in [2.45, 2.75) is 0 Å². The number of rotatable bonds is 4. The Kier molecular flexibility index (Phi) is 5.64. The first kappa shape index (κ1) is 22.7. The first-order valence-electron chi connectivity index (χ1n) is 10.9. The molecule has 0 bridgehead atoms. The Hall–Kier alpha value is -5.07. The van der Waals surface area contributed by atoms with Gasteiger partial charge in [0, 0.05) is 57.3 Å². The number of pyridine rings is 2. The van der Waals surface area contributed by atoms with Gasteiger partial charge in [-0.3, -0.25) is 20.3 Å². The molecule has 3 amide bonds. The fourth-order valence-electron chi connectivity index (χ4n) is 3.62. The lowest BCUT2D eigenvalue weighted by atomic mass is 10.0. The highest BCUT2D eigenvalue weighted by atomic mass is 16.2. The van der Waals surface area contributed by atoms with Crippen molar-refractivity contribution in [3.63, 3.8) is 0 Å². The largest absolute Gasteiger partial charge is 0.345 e. The lowest BCUT2D eigenvalue weighted by molar-refractivity contribution is 0.0829. The Morgan fingerprint density at radius 2 is 1.92 bits per heavy atom. The van der Waals surface area contributed by atoms with Gasteiger partial charge < -0.3 is 20.1 Å². The molecule has 13 nitrogen and oxygen atoms in total. The number of urea groups is 1. The van der Waals surface area contributed by atoms with Crippen molar-refractivity contribution in [2.75, 3.05) is 38.9 Å². The average molecular weight is 486 g/mol. The monoisotopic (exact) mass is 485 g/mol. The molecule has 4 N–H and O–H groups in total. The summed E-state index contributed by atoms with van der Waals surface area (Å²) in [5, 5.41) is 14.4. The van der Waals surface area contributed by atoms with E-state index < -0.39 is 0 Å². The summed E-state index contributed by atoms with van der Waals surface area (Å²) >= 11 is 0. The maximum Gasteiger partial charge on any atom is 0.321 e. The third-order valence-electron chi connectivity index (χ3n) is 5.47. The van der Waals surface area contributed by atoms with E-state index in [9.17, 15) is 9.59 Å². The van der Waals surface area contributed by atoms with Crippen LogP contribution in [0, 0.1) is 0 Å². The number of nitrogens with one attached hydrogen (secondary N) is 4. The van der Waals surface area contributed by atoms with Gasteiger partial charge in [0.1, 0.15) is 5.69 Å². The molecule has 0 saturated carbocycles. The Morgan fingerprint density at radius 1 is 1.08 bits per heavy atom. The number of carbonyl (C=O) groups is 2. The van der Waals surface area contributed by atoms with Gasteiger partial charge in [-0.05, 0) is 18.2 Å². The van der Waals surface area contributed by atoms with E-state index in [2.05, 4.69) is 46.0 Å². The maximum absolute atomic E-state index is 12.6. The Morgan fingerprint density at radius 3 is 2.69 bits per heavy atom. The lowest BCUT2D eigenvalue weighted by Crippen LogP contribution is -2.27. The van der Waals surface area contributed by atoms with E-state index in [1.54, 1.807) is 65.1 Å². The Bertz CT molecular complexity index is 1540. The van der Waals surface area contributed by atoms with Crippen molar-refractivity contribution < 1.29 is 9.59 Å². The van der Waals surface area contributed by atoms with Crippen LogP contribution in [0.15, 0.2) is 35.8 Å². The van der Waals surface area contributed by atoms with Gasteiger partial charge in [0.2, 0.25) is 0 Å². The van der Waals surface area contributed by atoms with E-state index in [-0.39, 0.29) is 11.9 Å². The van der Waals surface area contributed by atoms with Crippen LogP contribution in [0.5, 0.6) is 0 Å². The predicted octanol–water partition coefficient (Wildman–Crippen LogP) is 2.49. The highest BCUT2D eigenvalue weighted by Crippen LogP contribution is 2.32. The zero-order valence-electron chi connectivity index (χ0n) is 20.0. The molecule has 4 aromatic heterocycles. The van der Waals surface area contributed by atoms with Crippen LogP contribution in [-0.4, -0.2) is 86.3 Å². The van der Waals surface area contributed by atoms with Crippen molar-refractivity contribution in [1.82, 2.24) is 39.9 Å². The van der Waals surface area contributed by atoms with Crippen LogP contribution >= 0.6 is 0 Å². The minimum absolute atomic E-state index is 0.160. The summed E-state index contributed by atoms with van der Waals surface area (Å²) in [4.78, 5) is 44.0. The molecular weight excluding hydrogens is 462 g/mol. The molecule has 0 atom stereocenters. The molecule has 0 radical (unpaired) electrons. The fraction of sp³-hybridized carbons (Fsp3) is 0.174. The number of hydrogen-bond donors (Lipinski definition) is 4. The number of carbonyl (C=O) groups excluding carboxylic acids is 2. The quantitative estimate of drug-likeness (QED) is 0.345. The summed E-state index contributed by atoms with van der Waals surface area (Å²) in [7, 11) is 6.70. The molecule has 4 aromatic rings. The molecule has 0 aromatic carbocycles. The smallest absolute Gasteiger partial charge is 0.321 e. The van der Waals surface area contributed by atoms with Crippen LogP contribution in [-0.2, 0) is 0 Å². The van der Waals surface area contributed by atoms with Crippen molar-refractivity contribution in [1.29, 1.82) is 0 Å². The summed E-state index contributed by atoms with van der Waals surface area (Å²) in [6, 6.07) is 3.20. The molecular formula is C23H23N11O2. The number of imidazole rings is 1. The van der Waals surface area contributed by atoms with Crippen LogP contribution in [0.4, 0.5) is 16.3 Å². The summed E-state index contributed by atoms with van der Waals surface area (Å²) in [6.45, 7) is 0. The van der Waals surface area contributed by atoms with Crippen LogP contribution in [0.1, 0.15) is 21.5 Å². The van der Waals surface area contributed by atoms with Gasteiger partial charge in [0.15, 0.2) is 17.3 Å². The second kappa shape index (κ2) is 8.94. The van der Waals surface area contributed by atoms with E-state index in [1.165, 1.54) is 9.80 Å². The number of amides is 3. The number of hydrogen-bond acceptors (Lipinski definition) is 8. The lowest BCUT2D eigenvalue weighted by Gasteiger charge is -2.12. The van der Waals surface area contributed by atoms with Gasteiger partial charge >= 0.3 is 6.03 Å². The summed E-state index contributed by atoms with van der Waals surface area (Å²) in [5.74, 6) is 0.806. The van der Waals surface area contributed by atoms with Gasteiger partial charge in [0.25, 0.3) is 5.91 Å². The van der Waals surface area contributed by atoms with E-state index in [0.717, 1.165) is 11.1 Å². The first-order chi connectivity index (χ1) is 17.3. The zero-order chi connectivity index (χ0) is 25.4. The second-order valence-electron chi connectivity index (χ2n) is 8.46. The average Bonchev–Trinajstić information content (AvgIpc) is 3.40. The maximum atomic E-state index is 12.6. The molecule has 13 heteroatoms. The van der Waals surface area contributed by atoms with E-state index >= 15 is 0 Å². The highest BCUT2D eigenvalue weighted by Gasteiger charge is 2.21. The number of H-pyrrole nitrogens is 2. The standard InChI is InChI=1S/C23H23N11O2/c1-33(2)22(35)15-5-6-25-20-17(15)28-21(29-20)18-16-8-13(10-26-31-19(16)32-30-18)12-7-14(11-24-9-12)27-23(36)34(3)4/h5-11H,1-4H3,(H,27,36)(H,25,28,29)(H2,30,31,32). The number of hydrazone groups is 1.